The van der Waals surface area contributed by atoms with Crippen molar-refractivity contribution in [2.75, 3.05) is 5.32 Å². The average molecular weight is 273 g/mol. The van der Waals surface area contributed by atoms with Gasteiger partial charge in [-0.05, 0) is 49.3 Å². The zero-order valence-electron chi connectivity index (χ0n) is 11.1. The van der Waals surface area contributed by atoms with Gasteiger partial charge in [0, 0.05) is 16.1 Å². The molecule has 19 heavy (non-hydrogen) atoms. The van der Waals surface area contributed by atoms with E-state index < -0.39 is 6.10 Å². The number of aliphatic hydroxyl groups is 1. The Hall–Kier alpha value is -1.32. The minimum absolute atomic E-state index is 0.384. The molecule has 0 saturated carbocycles. The van der Waals surface area contributed by atoms with Crippen molar-refractivity contribution in [1.82, 2.24) is 0 Å². The zero-order chi connectivity index (χ0) is 13.2. The second-order valence-corrected chi connectivity index (χ2v) is 6.15. The van der Waals surface area contributed by atoms with Gasteiger partial charge < -0.3 is 10.4 Å². The lowest BCUT2D eigenvalue weighted by molar-refractivity contribution is 0.200. The maximum Gasteiger partial charge on any atom is 0.0781 e. The molecule has 2 atom stereocenters. The SMILES string of the molecule is CC(O)c1ccccc1NC1CCCc2sccc21. The van der Waals surface area contributed by atoms with Crippen LogP contribution in [-0.4, -0.2) is 5.11 Å². The van der Waals surface area contributed by atoms with Crippen LogP contribution in [0.25, 0.3) is 0 Å². The molecular weight excluding hydrogens is 254 g/mol. The van der Waals surface area contributed by atoms with E-state index in [9.17, 15) is 5.11 Å². The Labute approximate surface area is 118 Å². The lowest BCUT2D eigenvalue weighted by Crippen LogP contribution is -2.16. The molecule has 3 rings (SSSR count). The molecule has 0 amide bonds. The molecule has 0 saturated heterocycles. The molecule has 1 aliphatic carbocycles. The molecule has 2 N–H and O–H groups in total. The first-order valence-electron chi connectivity index (χ1n) is 6.85. The Bertz CT molecular complexity index is 561. The van der Waals surface area contributed by atoms with Crippen LogP contribution in [0.15, 0.2) is 35.7 Å². The molecule has 2 aromatic rings. The van der Waals surface area contributed by atoms with E-state index in [4.69, 9.17) is 0 Å². The van der Waals surface area contributed by atoms with E-state index in [-0.39, 0.29) is 0 Å². The maximum atomic E-state index is 9.85. The summed E-state index contributed by atoms with van der Waals surface area (Å²) in [6.45, 7) is 1.82. The standard InChI is InChI=1S/C16H19NOS/c1-11(18)12-5-2-3-6-14(12)17-15-7-4-8-16-13(15)9-10-19-16/h2-3,5-6,9-11,15,17-18H,4,7-8H2,1H3. The summed E-state index contributed by atoms with van der Waals surface area (Å²) >= 11 is 1.86. The molecule has 0 bridgehead atoms. The number of anilines is 1. The van der Waals surface area contributed by atoms with E-state index >= 15 is 0 Å². The molecule has 0 aliphatic heterocycles. The van der Waals surface area contributed by atoms with E-state index in [1.807, 2.05) is 36.5 Å². The number of thiophene rings is 1. The molecule has 1 aromatic carbocycles. The van der Waals surface area contributed by atoms with Crippen molar-refractivity contribution in [1.29, 1.82) is 0 Å². The predicted octanol–water partition coefficient (Wildman–Crippen LogP) is 4.29. The van der Waals surface area contributed by atoms with Crippen molar-refractivity contribution in [3.8, 4) is 0 Å². The van der Waals surface area contributed by atoms with Gasteiger partial charge in [0.25, 0.3) is 0 Å². The average Bonchev–Trinajstić information content (AvgIpc) is 2.88. The Kier molecular flexibility index (Phi) is 3.58. The summed E-state index contributed by atoms with van der Waals surface area (Å²) in [6, 6.07) is 10.7. The molecule has 1 aromatic heterocycles. The van der Waals surface area contributed by atoms with Crippen molar-refractivity contribution in [2.45, 2.75) is 38.3 Å². The van der Waals surface area contributed by atoms with Crippen molar-refractivity contribution >= 4 is 17.0 Å². The van der Waals surface area contributed by atoms with Crippen LogP contribution in [0.4, 0.5) is 5.69 Å². The van der Waals surface area contributed by atoms with E-state index in [1.165, 1.54) is 23.3 Å². The number of hydrogen-bond acceptors (Lipinski definition) is 3. The molecule has 0 radical (unpaired) electrons. The Morgan fingerprint density at radius 3 is 3.00 bits per heavy atom. The monoisotopic (exact) mass is 273 g/mol. The number of nitrogens with one attached hydrogen (secondary N) is 1. The van der Waals surface area contributed by atoms with Gasteiger partial charge in [0.2, 0.25) is 0 Å². The third kappa shape index (κ3) is 2.53. The van der Waals surface area contributed by atoms with Gasteiger partial charge in [-0.15, -0.1) is 11.3 Å². The fourth-order valence-corrected chi connectivity index (χ4v) is 3.80. The summed E-state index contributed by atoms with van der Waals surface area (Å²) in [5.74, 6) is 0. The van der Waals surface area contributed by atoms with Crippen molar-refractivity contribution < 1.29 is 5.11 Å². The minimum Gasteiger partial charge on any atom is -0.389 e. The van der Waals surface area contributed by atoms with E-state index in [1.54, 1.807) is 0 Å². The molecule has 1 heterocycles. The summed E-state index contributed by atoms with van der Waals surface area (Å²) in [4.78, 5) is 1.51. The number of fused-ring (bicyclic) bond motifs is 1. The molecule has 100 valence electrons. The first-order valence-corrected chi connectivity index (χ1v) is 7.73. The highest BCUT2D eigenvalue weighted by molar-refractivity contribution is 7.10. The molecule has 0 spiro atoms. The quantitative estimate of drug-likeness (QED) is 0.874. The number of aliphatic hydroxyl groups excluding tert-OH is 1. The fourth-order valence-electron chi connectivity index (χ4n) is 2.82. The van der Waals surface area contributed by atoms with Crippen LogP contribution in [0.5, 0.6) is 0 Å². The van der Waals surface area contributed by atoms with Crippen LogP contribution in [0.3, 0.4) is 0 Å². The van der Waals surface area contributed by atoms with E-state index in [2.05, 4.69) is 22.8 Å². The molecule has 2 unspecified atom stereocenters. The number of rotatable bonds is 3. The third-order valence-corrected chi connectivity index (χ3v) is 4.79. The van der Waals surface area contributed by atoms with Gasteiger partial charge in [-0.2, -0.15) is 0 Å². The Balaban J connectivity index is 1.88. The molecule has 0 fully saturated rings. The van der Waals surface area contributed by atoms with E-state index in [0.717, 1.165) is 17.7 Å². The van der Waals surface area contributed by atoms with Crippen LogP contribution < -0.4 is 5.32 Å². The number of aryl methyl sites for hydroxylation is 1. The summed E-state index contributed by atoms with van der Waals surface area (Å²) < 4.78 is 0. The highest BCUT2D eigenvalue weighted by atomic mass is 32.1. The lowest BCUT2D eigenvalue weighted by Gasteiger charge is -2.26. The van der Waals surface area contributed by atoms with Gasteiger partial charge in [0.1, 0.15) is 0 Å². The van der Waals surface area contributed by atoms with Crippen LogP contribution >= 0.6 is 11.3 Å². The first-order chi connectivity index (χ1) is 9.25. The van der Waals surface area contributed by atoms with Crippen molar-refractivity contribution in [3.05, 3.63) is 51.7 Å². The lowest BCUT2D eigenvalue weighted by atomic mass is 9.93. The zero-order valence-corrected chi connectivity index (χ0v) is 11.9. The minimum atomic E-state index is -0.436. The summed E-state index contributed by atoms with van der Waals surface area (Å²) in [5, 5.41) is 15.7. The highest BCUT2D eigenvalue weighted by Crippen LogP contribution is 2.36. The summed E-state index contributed by atoms with van der Waals surface area (Å²) in [6.07, 6.45) is 3.18. The van der Waals surface area contributed by atoms with Gasteiger partial charge >= 0.3 is 0 Å². The number of para-hydroxylation sites is 1. The van der Waals surface area contributed by atoms with Gasteiger partial charge in [0.15, 0.2) is 0 Å². The fraction of sp³-hybridized carbons (Fsp3) is 0.375. The topological polar surface area (TPSA) is 32.3 Å². The second kappa shape index (κ2) is 5.35. The molecule has 2 nitrogen and oxygen atoms in total. The van der Waals surface area contributed by atoms with Crippen molar-refractivity contribution in [3.63, 3.8) is 0 Å². The van der Waals surface area contributed by atoms with Crippen LogP contribution in [0.1, 0.15) is 47.9 Å². The Morgan fingerprint density at radius 1 is 1.32 bits per heavy atom. The smallest absolute Gasteiger partial charge is 0.0781 e. The van der Waals surface area contributed by atoms with Gasteiger partial charge in [-0.25, -0.2) is 0 Å². The number of benzene rings is 1. The predicted molar refractivity (Wildman–Crippen MR) is 80.7 cm³/mol. The number of hydrogen-bond donors (Lipinski definition) is 2. The van der Waals surface area contributed by atoms with E-state index in [0.29, 0.717) is 6.04 Å². The summed E-state index contributed by atoms with van der Waals surface area (Å²) in [5.41, 5.74) is 3.48. The van der Waals surface area contributed by atoms with Crippen LogP contribution in [0, 0.1) is 0 Å². The molecular formula is C16H19NOS. The highest BCUT2D eigenvalue weighted by Gasteiger charge is 2.22. The third-order valence-electron chi connectivity index (χ3n) is 3.79. The van der Waals surface area contributed by atoms with Crippen molar-refractivity contribution in [2.24, 2.45) is 0 Å². The first kappa shape index (κ1) is 12.7. The van der Waals surface area contributed by atoms with Gasteiger partial charge in [-0.3, -0.25) is 0 Å². The van der Waals surface area contributed by atoms with Crippen LogP contribution in [0.2, 0.25) is 0 Å². The summed E-state index contributed by atoms with van der Waals surface area (Å²) in [7, 11) is 0. The second-order valence-electron chi connectivity index (χ2n) is 5.15. The van der Waals surface area contributed by atoms with Gasteiger partial charge in [0.05, 0.1) is 12.1 Å². The van der Waals surface area contributed by atoms with Crippen LogP contribution in [-0.2, 0) is 6.42 Å². The normalized spacial score (nSPS) is 19.8. The molecule has 1 aliphatic rings. The van der Waals surface area contributed by atoms with Gasteiger partial charge in [-0.1, -0.05) is 18.2 Å². The largest absolute Gasteiger partial charge is 0.389 e. The Morgan fingerprint density at radius 2 is 2.16 bits per heavy atom. The molecule has 3 heteroatoms. The maximum absolute atomic E-state index is 9.85.